The van der Waals surface area contributed by atoms with Crippen LogP contribution in [0.15, 0.2) is 66.4 Å². The van der Waals surface area contributed by atoms with Gasteiger partial charge in [0.05, 0.1) is 11.1 Å². The Bertz CT molecular complexity index is 1370. The number of rotatable bonds is 6. The number of benzene rings is 1. The van der Waals surface area contributed by atoms with Gasteiger partial charge in [-0.25, -0.2) is 0 Å². The van der Waals surface area contributed by atoms with Crippen molar-refractivity contribution in [1.29, 1.82) is 0 Å². The van der Waals surface area contributed by atoms with Crippen molar-refractivity contribution in [2.75, 3.05) is 0 Å². The highest BCUT2D eigenvalue weighted by Crippen LogP contribution is 2.72. The van der Waals surface area contributed by atoms with Gasteiger partial charge in [-0.15, -0.1) is 0 Å². The minimum absolute atomic E-state index is 0.0217. The lowest BCUT2D eigenvalue weighted by atomic mass is 9.44. The highest BCUT2D eigenvalue weighted by Gasteiger charge is 2.70. The molecule has 2 aromatic rings. The third kappa shape index (κ3) is 4.25. The van der Waals surface area contributed by atoms with Crippen LogP contribution in [0, 0.1) is 34.5 Å². The number of pyridine rings is 1. The zero-order chi connectivity index (χ0) is 29.0. The van der Waals surface area contributed by atoms with E-state index in [1.807, 2.05) is 48.5 Å². The van der Waals surface area contributed by atoms with Crippen molar-refractivity contribution >= 4 is 17.5 Å². The molecular weight excluding hydrogens is 510 g/mol. The Labute approximate surface area is 244 Å². The van der Waals surface area contributed by atoms with Crippen LogP contribution in [0.1, 0.15) is 95.1 Å². The molecule has 1 aromatic carbocycles. The van der Waals surface area contributed by atoms with Crippen LogP contribution < -0.4 is 0 Å². The van der Waals surface area contributed by atoms with E-state index in [-0.39, 0.29) is 40.4 Å². The summed E-state index contributed by atoms with van der Waals surface area (Å²) in [6.07, 6.45) is 11.2. The zero-order valence-electron chi connectivity index (χ0n) is 24.9. The largest absolute Gasteiger partial charge is 0.462 e. The summed E-state index contributed by atoms with van der Waals surface area (Å²) in [6, 6.07) is 15.5. The number of ether oxygens (including phenoxy) is 1. The van der Waals surface area contributed by atoms with Gasteiger partial charge in [-0.3, -0.25) is 19.4 Å². The summed E-state index contributed by atoms with van der Waals surface area (Å²) in [5, 5.41) is 0. The highest BCUT2D eigenvalue weighted by atomic mass is 16.5. The summed E-state index contributed by atoms with van der Waals surface area (Å²) in [4.78, 5) is 44.4. The molecule has 0 radical (unpaired) electrons. The minimum atomic E-state index is -0.799. The first-order chi connectivity index (χ1) is 19.6. The molecule has 0 spiro atoms. The predicted molar refractivity (Wildman–Crippen MR) is 158 cm³/mol. The second kappa shape index (κ2) is 10.3. The number of nitrogens with zero attached hydrogens (tertiary/aromatic N) is 1. The highest BCUT2D eigenvalue weighted by molar-refractivity contribution is 5.98. The lowest BCUT2D eigenvalue weighted by Gasteiger charge is -2.59. The van der Waals surface area contributed by atoms with E-state index in [0.29, 0.717) is 29.7 Å². The maximum absolute atomic E-state index is 14.1. The van der Waals surface area contributed by atoms with Gasteiger partial charge in [0.25, 0.3) is 0 Å². The zero-order valence-corrected chi connectivity index (χ0v) is 24.9. The summed E-state index contributed by atoms with van der Waals surface area (Å²) >= 11 is 0. The van der Waals surface area contributed by atoms with E-state index in [2.05, 4.69) is 19.9 Å². The Kier molecular flexibility index (Phi) is 7.07. The Morgan fingerprint density at radius 2 is 1.71 bits per heavy atom. The maximum atomic E-state index is 14.1. The third-order valence-electron chi connectivity index (χ3n) is 12.0. The number of carbonyl (C=O) groups excluding carboxylic acids is 3. The Morgan fingerprint density at radius 1 is 0.951 bits per heavy atom. The number of hydrogen-bond acceptors (Lipinski definition) is 5. The number of fused-ring (bicyclic) bond motifs is 5. The van der Waals surface area contributed by atoms with Gasteiger partial charge in [0.1, 0.15) is 11.9 Å². The van der Waals surface area contributed by atoms with Crippen LogP contribution in [0.5, 0.6) is 0 Å². The molecule has 0 N–H and O–H groups in total. The smallest absolute Gasteiger partial charge is 0.302 e. The fraction of sp³-hybridized carbons (Fsp3) is 0.556. The summed E-state index contributed by atoms with van der Waals surface area (Å²) in [7, 11) is 0. The predicted octanol–water partition coefficient (Wildman–Crippen LogP) is 7.30. The van der Waals surface area contributed by atoms with E-state index >= 15 is 0 Å². The van der Waals surface area contributed by atoms with Gasteiger partial charge in [0, 0.05) is 31.5 Å². The number of Topliss-reactive ketones (excluding diaryl/α,β-unsaturated/α-hetero) is 2. The van der Waals surface area contributed by atoms with Crippen LogP contribution in [-0.2, 0) is 19.7 Å². The van der Waals surface area contributed by atoms with Crippen molar-refractivity contribution in [2.45, 2.75) is 90.6 Å². The SMILES string of the molecule is CC(=O)O[C@H]1CC[C@@]2(C)C(=CC[C@@H]3[C@@H]2CC[C@@]2(C)[C@H]3C[C@@H](CC(=O)c3ccccc3)[C@@]2(C(C)=O)c2ccccn2)C1. The quantitative estimate of drug-likeness (QED) is 0.213. The average Bonchev–Trinajstić information content (AvgIpc) is 3.22. The molecule has 4 aliphatic carbocycles. The van der Waals surface area contributed by atoms with Crippen LogP contribution >= 0.6 is 0 Å². The van der Waals surface area contributed by atoms with Gasteiger partial charge in [-0.2, -0.15) is 0 Å². The summed E-state index contributed by atoms with van der Waals surface area (Å²) in [5.74, 6) is 1.25. The van der Waals surface area contributed by atoms with Crippen LogP contribution in [-0.4, -0.2) is 28.6 Å². The van der Waals surface area contributed by atoms with Crippen molar-refractivity contribution in [3.05, 3.63) is 77.6 Å². The lowest BCUT2D eigenvalue weighted by molar-refractivity contribution is -0.149. The molecule has 6 rings (SSSR count). The molecule has 1 aromatic heterocycles. The number of allylic oxidation sites excluding steroid dienone is 1. The molecule has 3 fully saturated rings. The molecule has 0 amide bonds. The van der Waals surface area contributed by atoms with E-state index in [0.717, 1.165) is 50.6 Å². The molecule has 4 aliphatic rings. The van der Waals surface area contributed by atoms with Gasteiger partial charge >= 0.3 is 5.97 Å². The van der Waals surface area contributed by atoms with Gasteiger partial charge < -0.3 is 4.74 Å². The van der Waals surface area contributed by atoms with E-state index < -0.39 is 5.41 Å². The molecule has 1 heterocycles. The normalized spacial score (nSPS) is 37.7. The van der Waals surface area contributed by atoms with E-state index in [4.69, 9.17) is 9.72 Å². The number of hydrogen-bond donors (Lipinski definition) is 0. The standard InChI is InChI=1S/C36H43NO4/c1-23(38)36(33-12-8-9-19-37-33)27(22-32(40)25-10-6-5-7-11-25)21-31-29-14-13-26-20-28(41-24(2)39)15-17-34(26,3)30(29)16-18-35(31,36)4/h5-13,19,27-31H,14-18,20-22H2,1-4H3/t27-,28-,29+,30-,31-,34-,35-,36-/m0/s1. The van der Waals surface area contributed by atoms with Crippen molar-refractivity contribution in [3.63, 3.8) is 0 Å². The van der Waals surface area contributed by atoms with E-state index in [1.165, 1.54) is 12.5 Å². The minimum Gasteiger partial charge on any atom is -0.462 e. The number of carbonyl (C=O) groups is 3. The molecule has 0 aliphatic heterocycles. The Balaban J connectivity index is 1.40. The number of ketones is 2. The summed E-state index contributed by atoms with van der Waals surface area (Å²) < 4.78 is 5.64. The second-order valence-electron chi connectivity index (χ2n) is 13.7. The van der Waals surface area contributed by atoms with Crippen molar-refractivity contribution in [1.82, 2.24) is 4.98 Å². The molecular formula is C36H43NO4. The van der Waals surface area contributed by atoms with Crippen LogP contribution in [0.3, 0.4) is 0 Å². The molecule has 0 unspecified atom stereocenters. The molecule has 8 atom stereocenters. The van der Waals surface area contributed by atoms with Crippen molar-refractivity contribution in [3.8, 4) is 0 Å². The van der Waals surface area contributed by atoms with Gasteiger partial charge in [0.2, 0.25) is 0 Å². The topological polar surface area (TPSA) is 73.3 Å². The van der Waals surface area contributed by atoms with E-state index in [1.54, 1.807) is 13.1 Å². The van der Waals surface area contributed by atoms with Crippen molar-refractivity contribution in [2.24, 2.45) is 34.5 Å². The molecule has 3 saturated carbocycles. The molecule has 41 heavy (non-hydrogen) atoms. The maximum Gasteiger partial charge on any atom is 0.302 e. The Morgan fingerprint density at radius 3 is 2.39 bits per heavy atom. The molecule has 0 bridgehead atoms. The third-order valence-corrected chi connectivity index (χ3v) is 12.0. The average molecular weight is 554 g/mol. The van der Waals surface area contributed by atoms with Gasteiger partial charge in [0.15, 0.2) is 5.78 Å². The van der Waals surface area contributed by atoms with Crippen LogP contribution in [0.4, 0.5) is 0 Å². The van der Waals surface area contributed by atoms with Gasteiger partial charge in [-0.1, -0.05) is 61.9 Å². The number of aromatic nitrogens is 1. The van der Waals surface area contributed by atoms with Crippen LogP contribution in [0.2, 0.25) is 0 Å². The summed E-state index contributed by atoms with van der Waals surface area (Å²) in [5.41, 5.74) is 2.01. The molecule has 0 saturated heterocycles. The fourth-order valence-electron chi connectivity index (χ4n) is 10.3. The monoisotopic (exact) mass is 553 g/mol. The first kappa shape index (κ1) is 28.1. The first-order valence-electron chi connectivity index (χ1n) is 15.5. The fourth-order valence-corrected chi connectivity index (χ4v) is 10.3. The van der Waals surface area contributed by atoms with E-state index in [9.17, 15) is 14.4 Å². The number of esters is 1. The Hall–Kier alpha value is -3.08. The molecule has 5 nitrogen and oxygen atoms in total. The lowest BCUT2D eigenvalue weighted by Crippen LogP contribution is -2.57. The first-order valence-corrected chi connectivity index (χ1v) is 15.5. The van der Waals surface area contributed by atoms with Gasteiger partial charge in [-0.05, 0) is 92.1 Å². The van der Waals surface area contributed by atoms with Crippen molar-refractivity contribution < 1.29 is 19.1 Å². The van der Waals surface area contributed by atoms with Crippen LogP contribution in [0.25, 0.3) is 0 Å². The second-order valence-corrected chi connectivity index (χ2v) is 13.7. The summed E-state index contributed by atoms with van der Waals surface area (Å²) in [6.45, 7) is 8.02. The molecule has 216 valence electrons. The molecule has 5 heteroatoms.